The van der Waals surface area contributed by atoms with Crippen LogP contribution in [0.2, 0.25) is 0 Å². The number of rotatable bonds is 3. The molecule has 0 saturated heterocycles. The van der Waals surface area contributed by atoms with Crippen LogP contribution in [0.1, 0.15) is 22.5 Å². The van der Waals surface area contributed by atoms with E-state index in [4.69, 9.17) is 9.15 Å². The summed E-state index contributed by atoms with van der Waals surface area (Å²) in [7, 11) is 0. The molecule has 0 saturated carbocycles. The third-order valence-electron chi connectivity index (χ3n) is 4.48. The van der Waals surface area contributed by atoms with Gasteiger partial charge in [0, 0.05) is 29.2 Å². The van der Waals surface area contributed by atoms with Crippen LogP contribution in [-0.4, -0.2) is 15.0 Å². The van der Waals surface area contributed by atoms with Crippen LogP contribution >= 0.6 is 0 Å². The Balaban J connectivity index is 1.75. The van der Waals surface area contributed by atoms with E-state index < -0.39 is 0 Å². The molecule has 27 heavy (non-hydrogen) atoms. The van der Waals surface area contributed by atoms with Crippen molar-refractivity contribution in [3.05, 3.63) is 65.6 Å². The second-order valence-electron chi connectivity index (χ2n) is 6.25. The maximum absolute atomic E-state index is 9.27. The number of benzene rings is 1. The molecule has 1 aromatic carbocycles. The highest BCUT2D eigenvalue weighted by atomic mass is 16.5. The summed E-state index contributed by atoms with van der Waals surface area (Å²) in [6, 6.07) is 9.61. The molecule has 0 aliphatic carbocycles. The number of aromatic nitrogens is 3. The predicted molar refractivity (Wildman–Crippen MR) is 100 cm³/mol. The van der Waals surface area contributed by atoms with E-state index in [9.17, 15) is 5.26 Å². The average Bonchev–Trinajstić information content (AvgIpc) is 3.07. The normalized spacial score (nSPS) is 10.7. The number of aryl methyl sites for hydroxylation is 3. The Bertz CT molecular complexity index is 1180. The van der Waals surface area contributed by atoms with E-state index in [0.717, 1.165) is 28.1 Å². The summed E-state index contributed by atoms with van der Waals surface area (Å²) >= 11 is 0. The highest BCUT2D eigenvalue weighted by Gasteiger charge is 2.15. The topological polar surface area (TPSA) is 84.8 Å². The zero-order valence-corrected chi connectivity index (χ0v) is 15.1. The van der Waals surface area contributed by atoms with Gasteiger partial charge in [-0.15, -0.1) is 0 Å². The number of hydrogen-bond acceptors (Lipinski definition) is 6. The molecular weight excluding hydrogens is 340 g/mol. The summed E-state index contributed by atoms with van der Waals surface area (Å²) in [5.41, 5.74) is 5.96. The Morgan fingerprint density at radius 2 is 1.81 bits per heavy atom. The fourth-order valence-corrected chi connectivity index (χ4v) is 3.19. The van der Waals surface area contributed by atoms with Gasteiger partial charge in [0.1, 0.15) is 40.9 Å². The second-order valence-corrected chi connectivity index (χ2v) is 6.25. The van der Waals surface area contributed by atoms with Crippen LogP contribution in [0.4, 0.5) is 0 Å². The van der Waals surface area contributed by atoms with Crippen molar-refractivity contribution in [1.29, 1.82) is 5.26 Å². The SMILES string of the molecule is Cc1cc(Oc2nccc3occ(C#N)c23)ccc1-c1c(C)ncnc1C. The molecule has 3 heterocycles. The molecule has 0 unspecified atom stereocenters. The molecule has 0 bridgehead atoms. The van der Waals surface area contributed by atoms with Crippen molar-refractivity contribution in [1.82, 2.24) is 15.0 Å². The first kappa shape index (κ1) is 16.7. The van der Waals surface area contributed by atoms with Crippen LogP contribution in [0.3, 0.4) is 0 Å². The third kappa shape index (κ3) is 2.89. The maximum Gasteiger partial charge on any atom is 0.231 e. The van der Waals surface area contributed by atoms with Gasteiger partial charge in [0.15, 0.2) is 0 Å². The van der Waals surface area contributed by atoms with Crippen molar-refractivity contribution in [2.75, 3.05) is 0 Å². The molecule has 6 heteroatoms. The molecule has 0 aliphatic heterocycles. The summed E-state index contributed by atoms with van der Waals surface area (Å²) in [6.45, 7) is 5.96. The Kier molecular flexibility index (Phi) is 4.05. The molecule has 3 aromatic heterocycles. The van der Waals surface area contributed by atoms with Gasteiger partial charge < -0.3 is 9.15 Å². The van der Waals surface area contributed by atoms with Crippen molar-refractivity contribution in [2.45, 2.75) is 20.8 Å². The largest absolute Gasteiger partial charge is 0.463 e. The molecule has 0 fully saturated rings. The van der Waals surface area contributed by atoms with E-state index in [0.29, 0.717) is 28.2 Å². The van der Waals surface area contributed by atoms with Crippen LogP contribution in [-0.2, 0) is 0 Å². The molecule has 0 N–H and O–H groups in total. The van der Waals surface area contributed by atoms with Crippen molar-refractivity contribution in [3.63, 3.8) is 0 Å². The van der Waals surface area contributed by atoms with E-state index in [2.05, 4.69) is 21.0 Å². The van der Waals surface area contributed by atoms with E-state index >= 15 is 0 Å². The summed E-state index contributed by atoms with van der Waals surface area (Å²) in [6.07, 6.45) is 4.58. The second kappa shape index (κ2) is 6.54. The van der Waals surface area contributed by atoms with E-state index in [-0.39, 0.29) is 0 Å². The Hall–Kier alpha value is -3.72. The number of fused-ring (bicyclic) bond motifs is 1. The molecule has 132 valence electrons. The standard InChI is InChI=1S/C21H16N4O2/c1-12-8-16(4-5-17(12)19-13(2)24-11-25-14(19)3)27-21-20-15(9-22)10-26-18(20)6-7-23-21/h4-8,10-11H,1-3H3. The highest BCUT2D eigenvalue weighted by Crippen LogP contribution is 2.34. The number of ether oxygens (including phenoxy) is 1. The van der Waals surface area contributed by atoms with E-state index in [1.807, 2.05) is 39.0 Å². The third-order valence-corrected chi connectivity index (χ3v) is 4.48. The van der Waals surface area contributed by atoms with Gasteiger partial charge in [-0.25, -0.2) is 15.0 Å². The maximum atomic E-state index is 9.27. The first-order valence-electron chi connectivity index (χ1n) is 8.42. The molecular formula is C21H16N4O2. The van der Waals surface area contributed by atoms with Gasteiger partial charge in [-0.3, -0.25) is 0 Å². The van der Waals surface area contributed by atoms with Gasteiger partial charge in [-0.1, -0.05) is 6.07 Å². The fraction of sp³-hybridized carbons (Fsp3) is 0.143. The lowest BCUT2D eigenvalue weighted by Gasteiger charge is -2.13. The van der Waals surface area contributed by atoms with Crippen LogP contribution in [0.25, 0.3) is 22.1 Å². The predicted octanol–water partition coefficient (Wildman–Crippen LogP) is 4.87. The highest BCUT2D eigenvalue weighted by molar-refractivity contribution is 5.88. The number of furan rings is 1. The molecule has 4 rings (SSSR count). The lowest BCUT2D eigenvalue weighted by atomic mass is 9.98. The van der Waals surface area contributed by atoms with Crippen LogP contribution in [0, 0.1) is 32.1 Å². The summed E-state index contributed by atoms with van der Waals surface area (Å²) in [5.74, 6) is 0.980. The molecule has 0 atom stereocenters. The summed E-state index contributed by atoms with van der Waals surface area (Å²) in [5, 5.41) is 9.84. The molecule has 6 nitrogen and oxygen atoms in total. The van der Waals surface area contributed by atoms with Crippen molar-refractivity contribution < 1.29 is 9.15 Å². The zero-order valence-electron chi connectivity index (χ0n) is 15.1. The van der Waals surface area contributed by atoms with Gasteiger partial charge in [0.25, 0.3) is 0 Å². The minimum absolute atomic E-state index is 0.348. The lowest BCUT2D eigenvalue weighted by molar-refractivity contribution is 0.468. The number of pyridine rings is 1. The fourth-order valence-electron chi connectivity index (χ4n) is 3.19. The molecule has 0 aliphatic rings. The van der Waals surface area contributed by atoms with E-state index in [1.54, 1.807) is 18.6 Å². The van der Waals surface area contributed by atoms with Crippen LogP contribution in [0.5, 0.6) is 11.6 Å². The zero-order chi connectivity index (χ0) is 19.0. The first-order chi connectivity index (χ1) is 13.1. The number of nitrogens with zero attached hydrogens (tertiary/aromatic N) is 4. The van der Waals surface area contributed by atoms with E-state index in [1.165, 1.54) is 6.26 Å². The van der Waals surface area contributed by atoms with Crippen LogP contribution in [0.15, 0.2) is 47.5 Å². The molecule has 0 spiro atoms. The van der Waals surface area contributed by atoms with Gasteiger partial charge in [0.05, 0.1) is 0 Å². The number of hydrogen-bond donors (Lipinski definition) is 0. The lowest BCUT2D eigenvalue weighted by Crippen LogP contribution is -1.97. The van der Waals surface area contributed by atoms with Gasteiger partial charge >= 0.3 is 0 Å². The minimum atomic E-state index is 0.348. The minimum Gasteiger partial charge on any atom is -0.463 e. The van der Waals surface area contributed by atoms with Crippen molar-refractivity contribution in [3.8, 4) is 28.8 Å². The summed E-state index contributed by atoms with van der Waals surface area (Å²) < 4.78 is 11.4. The average molecular weight is 356 g/mol. The smallest absolute Gasteiger partial charge is 0.231 e. The summed E-state index contributed by atoms with van der Waals surface area (Å²) in [4.78, 5) is 12.9. The molecule has 0 radical (unpaired) electrons. The quantitative estimate of drug-likeness (QED) is 0.520. The van der Waals surface area contributed by atoms with Crippen LogP contribution < -0.4 is 4.74 Å². The molecule has 0 amide bonds. The Morgan fingerprint density at radius 3 is 2.52 bits per heavy atom. The van der Waals surface area contributed by atoms with Gasteiger partial charge in [-0.05, 0) is 44.0 Å². The Labute approximate surface area is 156 Å². The van der Waals surface area contributed by atoms with Gasteiger partial charge in [-0.2, -0.15) is 5.26 Å². The van der Waals surface area contributed by atoms with Gasteiger partial charge in [0.2, 0.25) is 5.88 Å². The first-order valence-corrected chi connectivity index (χ1v) is 8.42. The monoisotopic (exact) mass is 356 g/mol. The number of nitriles is 1. The molecule has 4 aromatic rings. The Morgan fingerprint density at radius 1 is 1.04 bits per heavy atom. The van der Waals surface area contributed by atoms with Crippen molar-refractivity contribution in [2.24, 2.45) is 0 Å². The van der Waals surface area contributed by atoms with Crippen molar-refractivity contribution >= 4 is 11.0 Å².